The van der Waals surface area contributed by atoms with Gasteiger partial charge in [0.05, 0.1) is 11.7 Å². The molecule has 7 nitrogen and oxygen atoms in total. The summed E-state index contributed by atoms with van der Waals surface area (Å²) in [6.07, 6.45) is 9.14. The van der Waals surface area contributed by atoms with E-state index in [2.05, 4.69) is 28.0 Å². The highest BCUT2D eigenvalue weighted by molar-refractivity contribution is 7.89. The zero-order chi connectivity index (χ0) is 20.0. The molecule has 2 aromatic heterocycles. The van der Waals surface area contributed by atoms with Crippen LogP contribution >= 0.6 is 0 Å². The molecule has 29 heavy (non-hydrogen) atoms. The number of benzene rings is 1. The van der Waals surface area contributed by atoms with E-state index in [-0.39, 0.29) is 11.0 Å². The van der Waals surface area contributed by atoms with Crippen molar-refractivity contribution in [3.63, 3.8) is 0 Å². The molecule has 3 heterocycles. The van der Waals surface area contributed by atoms with E-state index in [9.17, 15) is 8.42 Å². The third kappa shape index (κ3) is 3.67. The highest BCUT2D eigenvalue weighted by atomic mass is 32.2. The van der Waals surface area contributed by atoms with E-state index in [1.807, 2.05) is 12.1 Å². The summed E-state index contributed by atoms with van der Waals surface area (Å²) in [5.74, 6) is 1.71. The van der Waals surface area contributed by atoms with Crippen molar-refractivity contribution >= 4 is 20.9 Å². The normalized spacial score (nSPS) is 19.1. The minimum absolute atomic E-state index is 0.0210. The van der Waals surface area contributed by atoms with Crippen LogP contribution in [0.2, 0.25) is 0 Å². The van der Waals surface area contributed by atoms with E-state index in [1.54, 1.807) is 13.2 Å². The summed E-state index contributed by atoms with van der Waals surface area (Å²) in [6, 6.07) is 8.34. The Kier molecular flexibility index (Phi) is 4.63. The van der Waals surface area contributed by atoms with Crippen molar-refractivity contribution in [2.75, 3.05) is 13.1 Å². The topological polar surface area (TPSA) is 69.4 Å². The minimum atomic E-state index is -3.48. The molecule has 5 rings (SSSR count). The lowest BCUT2D eigenvalue weighted by Crippen LogP contribution is -2.41. The molecule has 0 spiro atoms. The van der Waals surface area contributed by atoms with E-state index in [1.165, 1.54) is 33.5 Å². The second kappa shape index (κ2) is 7.18. The Labute approximate surface area is 170 Å². The molecule has 2 aliphatic rings. The van der Waals surface area contributed by atoms with Crippen LogP contribution in [0.5, 0.6) is 5.75 Å². The SMILES string of the molecule is Cn1cc(S(=O)(=O)N2CCC(Oc3cccc4c3ccn4CC3CC3)CC2)cn1. The quantitative estimate of drug-likeness (QED) is 0.622. The molecular formula is C21H26N4O3S. The predicted octanol–water partition coefficient (Wildman–Crippen LogP) is 3.02. The van der Waals surface area contributed by atoms with Crippen LogP contribution in [0.15, 0.2) is 47.8 Å². The summed E-state index contributed by atoms with van der Waals surface area (Å²) in [7, 11) is -1.76. The molecule has 8 heteroatoms. The smallest absolute Gasteiger partial charge is 0.246 e. The Hall–Kier alpha value is -2.32. The Bertz CT molecular complexity index is 1120. The molecule has 0 N–H and O–H groups in total. The number of aryl methyl sites for hydroxylation is 1. The van der Waals surface area contributed by atoms with E-state index in [0.29, 0.717) is 25.9 Å². The summed E-state index contributed by atoms with van der Waals surface area (Å²) < 4.78 is 37.2. The van der Waals surface area contributed by atoms with Crippen molar-refractivity contribution in [3.8, 4) is 5.75 Å². The minimum Gasteiger partial charge on any atom is -0.490 e. The van der Waals surface area contributed by atoms with Crippen LogP contribution in [0.4, 0.5) is 0 Å². The molecule has 1 aromatic carbocycles. The standard InChI is InChI=1S/C21H26N4O3S/c1-23-15-18(13-22-23)29(26,27)25-11-7-17(8-12-25)28-21-4-2-3-20-19(21)9-10-24(20)14-16-5-6-16/h2-4,9-10,13,15-17H,5-8,11-12,14H2,1H3. The Morgan fingerprint density at radius 1 is 1.14 bits per heavy atom. The van der Waals surface area contributed by atoms with E-state index >= 15 is 0 Å². The summed E-state index contributed by atoms with van der Waals surface area (Å²) >= 11 is 0. The van der Waals surface area contributed by atoms with E-state index in [0.717, 1.165) is 23.6 Å². The highest BCUT2D eigenvalue weighted by Gasteiger charge is 2.31. The summed E-state index contributed by atoms with van der Waals surface area (Å²) in [4.78, 5) is 0.251. The first-order valence-corrected chi connectivity index (χ1v) is 11.7. The molecule has 3 aromatic rings. The number of hydrogen-bond acceptors (Lipinski definition) is 4. The number of fused-ring (bicyclic) bond motifs is 1. The highest BCUT2D eigenvalue weighted by Crippen LogP contribution is 2.34. The van der Waals surface area contributed by atoms with Gasteiger partial charge in [0, 0.05) is 44.5 Å². The number of rotatable bonds is 6. The first kappa shape index (κ1) is 18.7. The molecular weight excluding hydrogens is 388 g/mol. The van der Waals surface area contributed by atoms with Crippen molar-refractivity contribution in [2.45, 2.75) is 43.2 Å². The van der Waals surface area contributed by atoms with E-state index in [4.69, 9.17) is 4.74 Å². The first-order chi connectivity index (χ1) is 14.0. The van der Waals surface area contributed by atoms with Crippen LogP contribution in [-0.4, -0.2) is 46.3 Å². The van der Waals surface area contributed by atoms with Crippen molar-refractivity contribution in [3.05, 3.63) is 42.9 Å². The molecule has 2 fully saturated rings. The molecule has 1 saturated carbocycles. The van der Waals surface area contributed by atoms with Gasteiger partial charge in [0.15, 0.2) is 0 Å². The predicted molar refractivity (Wildman–Crippen MR) is 110 cm³/mol. The lowest BCUT2D eigenvalue weighted by molar-refractivity contribution is 0.137. The first-order valence-electron chi connectivity index (χ1n) is 10.2. The molecule has 0 bridgehead atoms. The van der Waals surface area contributed by atoms with Crippen LogP contribution in [0.1, 0.15) is 25.7 Å². The van der Waals surface area contributed by atoms with Crippen molar-refractivity contribution in [1.82, 2.24) is 18.7 Å². The van der Waals surface area contributed by atoms with Gasteiger partial charge in [-0.15, -0.1) is 0 Å². The summed E-state index contributed by atoms with van der Waals surface area (Å²) in [6.45, 7) is 2.00. The maximum absolute atomic E-state index is 12.8. The van der Waals surface area contributed by atoms with Crippen LogP contribution in [-0.2, 0) is 23.6 Å². The van der Waals surface area contributed by atoms with Gasteiger partial charge in [0.25, 0.3) is 0 Å². The third-order valence-corrected chi connectivity index (χ3v) is 7.79. The molecule has 154 valence electrons. The summed E-state index contributed by atoms with van der Waals surface area (Å²) in [5, 5.41) is 5.12. The van der Waals surface area contributed by atoms with Crippen LogP contribution in [0, 0.1) is 5.92 Å². The maximum Gasteiger partial charge on any atom is 0.246 e. The van der Waals surface area contributed by atoms with Gasteiger partial charge >= 0.3 is 0 Å². The molecule has 0 unspecified atom stereocenters. The van der Waals surface area contributed by atoms with Crippen molar-refractivity contribution < 1.29 is 13.2 Å². The number of aromatic nitrogens is 3. The molecule has 1 aliphatic carbocycles. The van der Waals surface area contributed by atoms with Gasteiger partial charge in [-0.2, -0.15) is 9.40 Å². The Balaban J connectivity index is 1.27. The zero-order valence-electron chi connectivity index (χ0n) is 16.6. The Morgan fingerprint density at radius 2 is 1.93 bits per heavy atom. The average Bonchev–Trinajstić information content (AvgIpc) is 3.26. The number of nitrogens with zero attached hydrogens (tertiary/aromatic N) is 4. The number of piperidine rings is 1. The second-order valence-electron chi connectivity index (χ2n) is 8.17. The van der Waals surface area contributed by atoms with Gasteiger partial charge in [-0.3, -0.25) is 4.68 Å². The van der Waals surface area contributed by atoms with Crippen molar-refractivity contribution in [1.29, 1.82) is 0 Å². The average molecular weight is 415 g/mol. The Morgan fingerprint density at radius 3 is 2.62 bits per heavy atom. The molecule has 0 amide bonds. The van der Waals surface area contributed by atoms with Crippen molar-refractivity contribution in [2.24, 2.45) is 13.0 Å². The largest absolute Gasteiger partial charge is 0.490 e. The maximum atomic E-state index is 12.8. The van der Waals surface area contributed by atoms with Gasteiger partial charge in [0.2, 0.25) is 10.0 Å². The molecule has 0 atom stereocenters. The van der Waals surface area contributed by atoms with Crippen LogP contribution in [0.25, 0.3) is 10.9 Å². The van der Waals surface area contributed by atoms with E-state index < -0.39 is 10.0 Å². The van der Waals surface area contributed by atoms with Gasteiger partial charge in [-0.25, -0.2) is 8.42 Å². The second-order valence-corrected chi connectivity index (χ2v) is 10.1. The zero-order valence-corrected chi connectivity index (χ0v) is 17.4. The number of sulfonamides is 1. The monoisotopic (exact) mass is 414 g/mol. The lowest BCUT2D eigenvalue weighted by atomic mass is 10.1. The number of ether oxygens (including phenoxy) is 1. The van der Waals surface area contributed by atoms with Gasteiger partial charge in [0.1, 0.15) is 16.7 Å². The molecule has 0 radical (unpaired) electrons. The van der Waals surface area contributed by atoms with Crippen LogP contribution in [0.3, 0.4) is 0 Å². The van der Waals surface area contributed by atoms with Gasteiger partial charge in [-0.1, -0.05) is 6.07 Å². The summed E-state index contributed by atoms with van der Waals surface area (Å²) in [5.41, 5.74) is 1.21. The van der Waals surface area contributed by atoms with Gasteiger partial charge in [-0.05, 0) is 49.8 Å². The fourth-order valence-corrected chi connectivity index (χ4v) is 5.54. The molecule has 1 aliphatic heterocycles. The van der Waals surface area contributed by atoms with Crippen LogP contribution < -0.4 is 4.74 Å². The number of hydrogen-bond donors (Lipinski definition) is 0. The third-order valence-electron chi connectivity index (χ3n) is 5.94. The molecule has 1 saturated heterocycles. The fourth-order valence-electron chi connectivity index (χ4n) is 4.09. The fraction of sp³-hybridized carbons (Fsp3) is 0.476. The lowest BCUT2D eigenvalue weighted by Gasteiger charge is -2.31. The van der Waals surface area contributed by atoms with Gasteiger partial charge < -0.3 is 9.30 Å².